The number of nitrogens with one attached hydrogen (secondary N) is 3. The summed E-state index contributed by atoms with van der Waals surface area (Å²) in [5.41, 5.74) is 2.21. The molecule has 0 radical (unpaired) electrons. The van der Waals surface area contributed by atoms with Crippen molar-refractivity contribution in [1.82, 2.24) is 10.3 Å². The van der Waals surface area contributed by atoms with Gasteiger partial charge in [-0.05, 0) is 61.7 Å². The lowest BCUT2D eigenvalue weighted by molar-refractivity contribution is -0.144. The van der Waals surface area contributed by atoms with E-state index >= 15 is 0 Å². The highest BCUT2D eigenvalue weighted by atomic mass is 32.2. The molecule has 1 saturated heterocycles. The predicted molar refractivity (Wildman–Crippen MR) is 241 cm³/mol. The van der Waals surface area contributed by atoms with Gasteiger partial charge in [0.25, 0.3) is 0 Å². The first-order valence-corrected chi connectivity index (χ1v) is 23.3. The second kappa shape index (κ2) is 18.1. The zero-order chi connectivity index (χ0) is 45.1. The van der Waals surface area contributed by atoms with Gasteiger partial charge in [0, 0.05) is 29.4 Å². The van der Waals surface area contributed by atoms with E-state index in [-0.39, 0.29) is 85.7 Å². The van der Waals surface area contributed by atoms with Crippen LogP contribution in [0.5, 0.6) is 0 Å². The molecule has 1 fully saturated rings. The highest BCUT2D eigenvalue weighted by molar-refractivity contribution is 7.96. The van der Waals surface area contributed by atoms with Crippen LogP contribution < -0.4 is 10.6 Å². The number of carbonyl (C=O) groups is 3. The number of nitrogens with zero attached hydrogens (tertiary/aromatic N) is 1. The highest BCUT2D eigenvalue weighted by Gasteiger charge is 2.39. The molecule has 0 aliphatic carbocycles. The number of benzene rings is 4. The molecule has 7 rings (SSSR count). The monoisotopic (exact) mass is 888 g/mol. The molecule has 5 aromatic rings. The number of rotatable bonds is 14. The zero-order valence-corrected chi connectivity index (χ0v) is 37.2. The van der Waals surface area contributed by atoms with Gasteiger partial charge in [-0.15, -0.1) is 0 Å². The Labute approximate surface area is 367 Å². The van der Waals surface area contributed by atoms with Crippen LogP contribution in [-0.4, -0.2) is 64.8 Å². The maximum Gasteiger partial charge on any atom is 0.305 e. The third-order valence-electron chi connectivity index (χ3n) is 10.3. The highest BCUT2D eigenvalue weighted by Crippen LogP contribution is 2.44. The molecule has 1 unspecified atom stereocenters. The van der Waals surface area contributed by atoms with Crippen LogP contribution in [0.4, 0.5) is 5.82 Å². The summed E-state index contributed by atoms with van der Waals surface area (Å²) in [6.07, 6.45) is 1.36. The van der Waals surface area contributed by atoms with Crippen molar-refractivity contribution in [3.05, 3.63) is 142 Å². The maximum absolute atomic E-state index is 14.9. The second-order valence-corrected chi connectivity index (χ2v) is 20.2. The molecular weight excluding hydrogens is 841 g/mol. The lowest BCUT2D eigenvalue weighted by atomic mass is 9.95. The minimum atomic E-state index is -4.41. The fraction of sp³-hybridized carbons (Fsp3) is 0.250. The zero-order valence-electron chi connectivity index (χ0n) is 35.5. The van der Waals surface area contributed by atoms with Crippen LogP contribution in [0.1, 0.15) is 62.4 Å². The molecule has 2 amide bonds. The van der Waals surface area contributed by atoms with Crippen LogP contribution in [-0.2, 0) is 43.5 Å². The molecule has 63 heavy (non-hydrogen) atoms. The first-order chi connectivity index (χ1) is 29.9. The van der Waals surface area contributed by atoms with Crippen LogP contribution in [0.25, 0.3) is 22.8 Å². The van der Waals surface area contributed by atoms with E-state index in [1.807, 2.05) is 13.8 Å². The number of esters is 1. The Bertz CT molecular complexity index is 2870. The van der Waals surface area contributed by atoms with E-state index in [0.29, 0.717) is 17.7 Å². The first kappa shape index (κ1) is 44.6. The Kier molecular flexibility index (Phi) is 12.8. The van der Waals surface area contributed by atoms with Crippen molar-refractivity contribution in [1.29, 1.82) is 0 Å². The Morgan fingerprint density at radius 1 is 0.778 bits per heavy atom. The number of aryl methyl sites for hydroxylation is 2. The standard InChI is InChI=1S/C48H48N4O9S2/c1-30-19-23-35(24-20-30)62(56,57)43-41(32-13-8-6-9-14-32)37(49-45(43)51-39(53)17-12-18-40(54)61-29-34-28-60-34)27-38-42(33-15-10-7-11-16-33)44(46(50-38)52-47(55)48(3,4)5)63(58,59)36-25-21-31(2)22-26-36/h6-11,13-16,19-27,34,49H,12,17-18,28-29H2,1-5H3,(H,51,53)(H,50,52,55). The van der Waals surface area contributed by atoms with E-state index < -0.39 is 42.9 Å². The normalized spacial score (nSPS) is 15.9. The Balaban J connectivity index is 1.44. The fourth-order valence-electron chi connectivity index (χ4n) is 6.77. The summed E-state index contributed by atoms with van der Waals surface area (Å²) in [5, 5.41) is 5.55. The van der Waals surface area contributed by atoms with E-state index in [1.165, 1.54) is 30.3 Å². The maximum atomic E-state index is 14.9. The molecule has 3 heterocycles. The number of aliphatic imine (C=N–C) groups is 1. The molecule has 4 aromatic carbocycles. The van der Waals surface area contributed by atoms with Gasteiger partial charge in [-0.1, -0.05) is 117 Å². The lowest BCUT2D eigenvalue weighted by Gasteiger charge is -2.19. The van der Waals surface area contributed by atoms with Crippen LogP contribution in [0, 0.1) is 19.3 Å². The summed E-state index contributed by atoms with van der Waals surface area (Å²) in [5.74, 6) is -1.91. The number of H-pyrrole nitrogens is 1. The van der Waals surface area contributed by atoms with E-state index in [2.05, 4.69) is 15.6 Å². The van der Waals surface area contributed by atoms with Crippen LogP contribution in [0.3, 0.4) is 0 Å². The summed E-state index contributed by atoms with van der Waals surface area (Å²) < 4.78 is 69.8. The van der Waals surface area contributed by atoms with Gasteiger partial charge < -0.3 is 25.1 Å². The molecule has 0 bridgehead atoms. The molecule has 2 aliphatic rings. The summed E-state index contributed by atoms with van der Waals surface area (Å²) in [6.45, 7) is 9.42. The van der Waals surface area contributed by atoms with Crippen LogP contribution >= 0.6 is 0 Å². The van der Waals surface area contributed by atoms with E-state index in [9.17, 15) is 31.2 Å². The van der Waals surface area contributed by atoms with Crippen molar-refractivity contribution in [2.75, 3.05) is 18.5 Å². The van der Waals surface area contributed by atoms with E-state index in [0.717, 1.165) is 11.1 Å². The average Bonchev–Trinajstić information content (AvgIpc) is 3.91. The number of aromatic amines is 1. The molecule has 1 atom stereocenters. The predicted octanol–water partition coefficient (Wildman–Crippen LogP) is 7.98. The summed E-state index contributed by atoms with van der Waals surface area (Å²) in [7, 11) is -8.80. The van der Waals surface area contributed by atoms with Gasteiger partial charge in [0.15, 0.2) is 5.84 Å². The van der Waals surface area contributed by atoms with E-state index in [4.69, 9.17) is 14.5 Å². The van der Waals surface area contributed by atoms with Crippen molar-refractivity contribution < 1.29 is 40.7 Å². The largest absolute Gasteiger partial charge is 0.463 e. The molecule has 2 aliphatic heterocycles. The van der Waals surface area contributed by atoms with Gasteiger partial charge in [0.05, 0.1) is 27.8 Å². The third kappa shape index (κ3) is 10.1. The Morgan fingerprint density at radius 2 is 1.33 bits per heavy atom. The molecule has 1 aromatic heterocycles. The van der Waals surface area contributed by atoms with Crippen molar-refractivity contribution >= 4 is 60.8 Å². The summed E-state index contributed by atoms with van der Waals surface area (Å²) >= 11 is 0. The number of allylic oxidation sites excluding steroid dienone is 1. The lowest BCUT2D eigenvalue weighted by Crippen LogP contribution is -2.40. The number of ether oxygens (including phenoxy) is 2. The number of amidine groups is 1. The van der Waals surface area contributed by atoms with Gasteiger partial charge >= 0.3 is 5.97 Å². The van der Waals surface area contributed by atoms with Gasteiger partial charge in [0.2, 0.25) is 31.5 Å². The fourth-order valence-corrected chi connectivity index (χ4v) is 9.94. The summed E-state index contributed by atoms with van der Waals surface area (Å²) in [6, 6.07) is 30.1. The SMILES string of the molecule is Cc1ccc(S(=O)(=O)C2=C(c3ccccc3)C(=Cc3[nH]c(NC(=O)CCCC(=O)OCC4CO4)c(S(=O)(=O)c4ccc(C)cc4)c3-c3ccccc3)N=C2NC(=O)C(C)(C)C)cc1. The number of aromatic nitrogens is 1. The number of hydrogen-bond donors (Lipinski definition) is 3. The molecule has 15 heteroatoms. The van der Waals surface area contributed by atoms with Gasteiger partial charge in [0.1, 0.15) is 28.3 Å². The number of hydrogen-bond acceptors (Lipinski definition) is 10. The van der Waals surface area contributed by atoms with Crippen LogP contribution in [0.15, 0.2) is 139 Å². The molecule has 326 valence electrons. The molecule has 13 nitrogen and oxygen atoms in total. The summed E-state index contributed by atoms with van der Waals surface area (Å²) in [4.78, 5) is 47.0. The van der Waals surface area contributed by atoms with Gasteiger partial charge in [-0.3, -0.25) is 14.4 Å². The number of carbonyl (C=O) groups excluding carboxylic acids is 3. The molecule has 0 spiro atoms. The molecule has 0 saturated carbocycles. The van der Waals surface area contributed by atoms with Crippen molar-refractivity contribution in [3.63, 3.8) is 0 Å². The minimum absolute atomic E-state index is 0.0259. The number of epoxide rings is 1. The Hall–Kier alpha value is -6.42. The van der Waals surface area contributed by atoms with Gasteiger partial charge in [-0.25, -0.2) is 21.8 Å². The second-order valence-electron chi connectivity index (χ2n) is 16.4. The minimum Gasteiger partial charge on any atom is -0.463 e. The van der Waals surface area contributed by atoms with Crippen molar-refractivity contribution in [2.24, 2.45) is 10.4 Å². The first-order valence-electron chi connectivity index (χ1n) is 20.4. The van der Waals surface area contributed by atoms with Crippen molar-refractivity contribution in [3.8, 4) is 11.1 Å². The average molecular weight is 889 g/mol. The van der Waals surface area contributed by atoms with Crippen molar-refractivity contribution in [2.45, 2.75) is 74.7 Å². The number of sulfone groups is 2. The number of amides is 2. The topological polar surface area (TPSA) is 193 Å². The quantitative estimate of drug-likeness (QED) is 0.0732. The van der Waals surface area contributed by atoms with E-state index in [1.54, 1.807) is 106 Å². The smallest absolute Gasteiger partial charge is 0.305 e. The number of anilines is 1. The third-order valence-corrected chi connectivity index (χ3v) is 14.0. The molecule has 3 N–H and O–H groups in total. The van der Waals surface area contributed by atoms with Gasteiger partial charge in [-0.2, -0.15) is 0 Å². The Morgan fingerprint density at radius 3 is 1.89 bits per heavy atom. The van der Waals surface area contributed by atoms with Crippen LogP contribution in [0.2, 0.25) is 0 Å². The molecular formula is C48H48N4O9S2.